The second kappa shape index (κ2) is 5.08. The van der Waals surface area contributed by atoms with E-state index in [0.717, 1.165) is 23.1 Å². The van der Waals surface area contributed by atoms with Crippen LogP contribution in [-0.2, 0) is 0 Å². The summed E-state index contributed by atoms with van der Waals surface area (Å²) in [5.74, 6) is 1.64. The Labute approximate surface area is 114 Å². The first-order valence-corrected chi connectivity index (χ1v) is 6.69. The van der Waals surface area contributed by atoms with Gasteiger partial charge in [0.2, 0.25) is 0 Å². The molecule has 0 aliphatic rings. The number of anilines is 1. The van der Waals surface area contributed by atoms with Crippen molar-refractivity contribution < 1.29 is 5.11 Å². The number of fused-ring (bicyclic) bond motifs is 1. The van der Waals surface area contributed by atoms with Gasteiger partial charge in [-0.15, -0.1) is 0 Å². The Bertz CT molecular complexity index is 572. The summed E-state index contributed by atoms with van der Waals surface area (Å²) in [6.07, 6.45) is 1.80. The fourth-order valence-corrected chi connectivity index (χ4v) is 1.85. The predicted molar refractivity (Wildman–Crippen MR) is 80.5 cm³/mol. The van der Waals surface area contributed by atoms with Crippen LogP contribution in [0.2, 0.25) is 0 Å². The zero-order chi connectivity index (χ0) is 14.0. The summed E-state index contributed by atoms with van der Waals surface area (Å²) in [7, 11) is 0. The van der Waals surface area contributed by atoms with E-state index < -0.39 is 0 Å². The van der Waals surface area contributed by atoms with Gasteiger partial charge in [0.05, 0.1) is 0 Å². The topological polar surface area (TPSA) is 45.2 Å². The van der Waals surface area contributed by atoms with Crippen LogP contribution in [0.25, 0.3) is 10.8 Å². The first-order chi connectivity index (χ1) is 8.88. The normalized spacial score (nSPS) is 13.5. The highest BCUT2D eigenvalue weighted by Gasteiger charge is 2.19. The monoisotopic (exact) mass is 258 g/mol. The lowest BCUT2D eigenvalue weighted by atomic mass is 9.82. The van der Waals surface area contributed by atoms with E-state index in [-0.39, 0.29) is 11.2 Å². The van der Waals surface area contributed by atoms with Crippen LogP contribution in [0, 0.1) is 11.3 Å². The molecule has 1 aromatic heterocycles. The summed E-state index contributed by atoms with van der Waals surface area (Å²) in [4.78, 5) is 4.38. The average Bonchev–Trinajstić information content (AvgIpc) is 2.34. The van der Waals surface area contributed by atoms with E-state index in [4.69, 9.17) is 0 Å². The maximum atomic E-state index is 9.61. The Hall–Kier alpha value is -1.77. The number of nitrogens with one attached hydrogen (secondary N) is 1. The van der Waals surface area contributed by atoms with Crippen LogP contribution in [0.15, 0.2) is 30.5 Å². The number of hydrogen-bond acceptors (Lipinski definition) is 3. The number of hydrogen-bond donors (Lipinski definition) is 2. The highest BCUT2D eigenvalue weighted by Crippen LogP contribution is 2.28. The molecule has 0 amide bonds. The van der Waals surface area contributed by atoms with E-state index >= 15 is 0 Å². The van der Waals surface area contributed by atoms with Crippen LogP contribution in [0.5, 0.6) is 5.75 Å². The van der Waals surface area contributed by atoms with Crippen LogP contribution in [-0.4, -0.2) is 16.6 Å². The number of aromatic hydroxyl groups is 1. The highest BCUT2D eigenvalue weighted by molar-refractivity contribution is 5.92. The molecule has 1 unspecified atom stereocenters. The van der Waals surface area contributed by atoms with Gasteiger partial charge in [-0.1, -0.05) is 33.8 Å². The Morgan fingerprint density at radius 3 is 2.68 bits per heavy atom. The smallest absolute Gasteiger partial charge is 0.133 e. The predicted octanol–water partition coefficient (Wildman–Crippen LogP) is 4.03. The highest BCUT2D eigenvalue weighted by atomic mass is 16.3. The van der Waals surface area contributed by atoms with Crippen LogP contribution in [0.3, 0.4) is 0 Å². The number of aromatic nitrogens is 1. The molecule has 0 fully saturated rings. The van der Waals surface area contributed by atoms with Crippen LogP contribution in [0.1, 0.15) is 27.7 Å². The SMILES string of the molecule is CC(CNc1nccc2ccc(O)cc12)C(C)(C)C. The molecule has 2 aromatic rings. The molecule has 19 heavy (non-hydrogen) atoms. The third kappa shape index (κ3) is 3.16. The van der Waals surface area contributed by atoms with Crippen molar-refractivity contribution in [2.24, 2.45) is 11.3 Å². The Morgan fingerprint density at radius 2 is 2.00 bits per heavy atom. The molecule has 1 aromatic carbocycles. The summed E-state index contributed by atoms with van der Waals surface area (Å²) in [6, 6.07) is 7.31. The van der Waals surface area contributed by atoms with Crippen LogP contribution < -0.4 is 5.32 Å². The summed E-state index contributed by atoms with van der Waals surface area (Å²) >= 11 is 0. The molecule has 0 aliphatic heterocycles. The van der Waals surface area contributed by atoms with Crippen molar-refractivity contribution in [3.05, 3.63) is 30.5 Å². The quantitative estimate of drug-likeness (QED) is 0.873. The molecule has 1 heterocycles. The van der Waals surface area contributed by atoms with Gasteiger partial charge in [-0.25, -0.2) is 4.98 Å². The number of pyridine rings is 1. The number of rotatable bonds is 3. The van der Waals surface area contributed by atoms with E-state index in [0.29, 0.717) is 5.92 Å². The van der Waals surface area contributed by atoms with Crippen molar-refractivity contribution in [2.75, 3.05) is 11.9 Å². The lowest BCUT2D eigenvalue weighted by Gasteiger charge is -2.27. The number of phenolic OH excluding ortho intramolecular Hbond substituents is 1. The van der Waals surface area contributed by atoms with Crippen molar-refractivity contribution in [1.29, 1.82) is 0 Å². The van der Waals surface area contributed by atoms with Gasteiger partial charge in [0.25, 0.3) is 0 Å². The van der Waals surface area contributed by atoms with Crippen molar-refractivity contribution in [3.63, 3.8) is 0 Å². The summed E-state index contributed by atoms with van der Waals surface area (Å²) in [6.45, 7) is 9.81. The molecule has 3 heteroatoms. The number of nitrogens with zero attached hydrogens (tertiary/aromatic N) is 1. The maximum Gasteiger partial charge on any atom is 0.133 e. The Balaban J connectivity index is 2.23. The zero-order valence-electron chi connectivity index (χ0n) is 12.1. The average molecular weight is 258 g/mol. The van der Waals surface area contributed by atoms with Gasteiger partial charge in [0, 0.05) is 18.1 Å². The molecule has 0 aliphatic carbocycles. The lowest BCUT2D eigenvalue weighted by molar-refractivity contribution is 0.274. The van der Waals surface area contributed by atoms with Crippen LogP contribution >= 0.6 is 0 Å². The van der Waals surface area contributed by atoms with E-state index in [1.165, 1.54) is 0 Å². The molecular formula is C16H22N2O. The van der Waals surface area contributed by atoms with Crippen molar-refractivity contribution in [2.45, 2.75) is 27.7 Å². The molecular weight excluding hydrogens is 236 g/mol. The molecule has 3 nitrogen and oxygen atoms in total. The van der Waals surface area contributed by atoms with Gasteiger partial charge in [0.1, 0.15) is 11.6 Å². The van der Waals surface area contributed by atoms with Crippen molar-refractivity contribution >= 4 is 16.6 Å². The Morgan fingerprint density at radius 1 is 1.26 bits per heavy atom. The summed E-state index contributed by atoms with van der Waals surface area (Å²) in [5, 5.41) is 15.0. The molecule has 0 radical (unpaired) electrons. The third-order valence-electron chi connectivity index (χ3n) is 3.80. The van der Waals surface area contributed by atoms with Gasteiger partial charge in [-0.05, 0) is 34.9 Å². The minimum atomic E-state index is 0.264. The molecule has 0 bridgehead atoms. The largest absolute Gasteiger partial charge is 0.508 e. The van der Waals surface area contributed by atoms with Gasteiger partial charge >= 0.3 is 0 Å². The molecule has 0 spiro atoms. The number of benzene rings is 1. The molecule has 2 rings (SSSR count). The van der Waals surface area contributed by atoms with E-state index in [1.54, 1.807) is 18.3 Å². The zero-order valence-corrected chi connectivity index (χ0v) is 12.1. The minimum Gasteiger partial charge on any atom is -0.508 e. The van der Waals surface area contributed by atoms with E-state index in [1.807, 2.05) is 12.1 Å². The fourth-order valence-electron chi connectivity index (χ4n) is 1.85. The van der Waals surface area contributed by atoms with Crippen LogP contribution in [0.4, 0.5) is 5.82 Å². The molecule has 0 saturated heterocycles. The minimum absolute atomic E-state index is 0.264. The fraction of sp³-hybridized carbons (Fsp3) is 0.438. The third-order valence-corrected chi connectivity index (χ3v) is 3.80. The first-order valence-electron chi connectivity index (χ1n) is 6.69. The lowest BCUT2D eigenvalue weighted by Crippen LogP contribution is -2.25. The summed E-state index contributed by atoms with van der Waals surface area (Å²) < 4.78 is 0. The first kappa shape index (κ1) is 13.7. The molecule has 102 valence electrons. The van der Waals surface area contributed by atoms with Crippen molar-refractivity contribution in [3.8, 4) is 5.75 Å². The van der Waals surface area contributed by atoms with E-state index in [2.05, 4.69) is 38.0 Å². The molecule has 1 atom stereocenters. The van der Waals surface area contributed by atoms with Crippen molar-refractivity contribution in [1.82, 2.24) is 4.98 Å². The maximum absolute atomic E-state index is 9.61. The second-order valence-corrected chi connectivity index (χ2v) is 6.21. The second-order valence-electron chi connectivity index (χ2n) is 6.21. The standard InChI is InChI=1S/C16H22N2O/c1-11(16(2,3)4)10-18-15-14-9-13(19)6-5-12(14)7-8-17-15/h5-9,11,19H,10H2,1-4H3,(H,17,18). The number of phenols is 1. The summed E-state index contributed by atoms with van der Waals surface area (Å²) in [5.41, 5.74) is 0.264. The van der Waals surface area contributed by atoms with Gasteiger partial charge in [-0.3, -0.25) is 0 Å². The van der Waals surface area contributed by atoms with Gasteiger partial charge in [-0.2, -0.15) is 0 Å². The van der Waals surface area contributed by atoms with Gasteiger partial charge < -0.3 is 10.4 Å². The molecule has 2 N–H and O–H groups in total. The molecule has 0 saturated carbocycles. The van der Waals surface area contributed by atoms with E-state index in [9.17, 15) is 5.11 Å². The van der Waals surface area contributed by atoms with Gasteiger partial charge in [0.15, 0.2) is 0 Å². The Kier molecular flexibility index (Phi) is 3.65.